The molecule has 2 rings (SSSR count). The molecule has 0 aromatic carbocycles. The predicted octanol–water partition coefficient (Wildman–Crippen LogP) is 2.84. The van der Waals surface area contributed by atoms with Crippen LogP contribution in [0, 0.1) is 5.41 Å². The zero-order chi connectivity index (χ0) is 12.0. The highest BCUT2D eigenvalue weighted by Gasteiger charge is 2.53. The molecule has 0 aromatic heterocycles. The van der Waals surface area contributed by atoms with E-state index in [0.717, 1.165) is 13.0 Å². The van der Waals surface area contributed by atoms with Gasteiger partial charge >= 0.3 is 0 Å². The highest BCUT2D eigenvalue weighted by molar-refractivity contribution is 5.21. The molecule has 0 aliphatic carbocycles. The molecule has 0 bridgehead atoms. The molecule has 2 aliphatic rings. The lowest BCUT2D eigenvalue weighted by Gasteiger charge is -2.41. The van der Waals surface area contributed by atoms with Crippen molar-refractivity contribution in [1.29, 1.82) is 0 Å². The van der Waals surface area contributed by atoms with E-state index in [1.807, 2.05) is 7.11 Å². The summed E-state index contributed by atoms with van der Waals surface area (Å²) in [6.07, 6.45) is 3.91. The van der Waals surface area contributed by atoms with Gasteiger partial charge in [-0.05, 0) is 24.7 Å². The average molecular weight is 223 g/mol. The lowest BCUT2D eigenvalue weighted by atomic mass is 9.75. The fourth-order valence-electron chi connectivity index (χ4n) is 3.73. The summed E-state index contributed by atoms with van der Waals surface area (Å²) in [6, 6.07) is 0. The molecule has 2 nitrogen and oxygen atoms in total. The van der Waals surface area contributed by atoms with Gasteiger partial charge in [0.2, 0.25) is 0 Å². The van der Waals surface area contributed by atoms with Crippen molar-refractivity contribution in [3.05, 3.63) is 12.2 Å². The second-order valence-corrected chi connectivity index (χ2v) is 6.70. The Kier molecular flexibility index (Phi) is 2.92. The van der Waals surface area contributed by atoms with Crippen LogP contribution in [0.5, 0.6) is 0 Å². The molecule has 0 N–H and O–H groups in total. The molecule has 0 saturated carbocycles. The molecule has 16 heavy (non-hydrogen) atoms. The van der Waals surface area contributed by atoms with Crippen molar-refractivity contribution >= 4 is 0 Å². The van der Waals surface area contributed by atoms with Gasteiger partial charge in [-0.2, -0.15) is 0 Å². The molecule has 2 atom stereocenters. The Hall–Kier alpha value is -0.340. The van der Waals surface area contributed by atoms with Crippen molar-refractivity contribution in [1.82, 2.24) is 4.90 Å². The van der Waals surface area contributed by atoms with Gasteiger partial charge in [0.15, 0.2) is 0 Å². The summed E-state index contributed by atoms with van der Waals surface area (Å²) in [7, 11) is 1.86. The van der Waals surface area contributed by atoms with Crippen LogP contribution in [-0.4, -0.2) is 36.7 Å². The molecule has 92 valence electrons. The Bertz CT molecular complexity index is 292. The van der Waals surface area contributed by atoms with Crippen molar-refractivity contribution in [3.8, 4) is 0 Å². The van der Waals surface area contributed by atoms with Crippen molar-refractivity contribution in [2.75, 3.05) is 20.2 Å². The molecule has 2 heteroatoms. The third kappa shape index (κ3) is 1.93. The minimum atomic E-state index is 0.240. The molecule has 0 amide bonds. The molecule has 2 fully saturated rings. The predicted molar refractivity (Wildman–Crippen MR) is 67.5 cm³/mol. The summed E-state index contributed by atoms with van der Waals surface area (Å²) >= 11 is 0. The van der Waals surface area contributed by atoms with Gasteiger partial charge in [-0.15, -0.1) is 0 Å². The smallest absolute Gasteiger partial charge is 0.0770 e. The first-order valence-electron chi connectivity index (χ1n) is 6.32. The van der Waals surface area contributed by atoms with Crippen LogP contribution in [0.25, 0.3) is 0 Å². The van der Waals surface area contributed by atoms with Crippen LogP contribution < -0.4 is 0 Å². The monoisotopic (exact) mass is 223 g/mol. The Labute approximate surface area is 99.7 Å². The van der Waals surface area contributed by atoms with Crippen LogP contribution in [-0.2, 0) is 4.74 Å². The van der Waals surface area contributed by atoms with Crippen molar-refractivity contribution in [3.63, 3.8) is 0 Å². The van der Waals surface area contributed by atoms with E-state index < -0.39 is 0 Å². The van der Waals surface area contributed by atoms with E-state index in [9.17, 15) is 0 Å². The SMILES string of the molecule is C=C1CN2CC[C@@H](OC)[C@@]2(CC(C)(C)C)C1. The third-order valence-electron chi connectivity index (χ3n) is 3.98. The summed E-state index contributed by atoms with van der Waals surface area (Å²) in [5.74, 6) is 0. The number of hydrogen-bond donors (Lipinski definition) is 0. The molecule has 0 aromatic rings. The van der Waals surface area contributed by atoms with E-state index in [-0.39, 0.29) is 5.54 Å². The number of rotatable bonds is 2. The normalized spacial score (nSPS) is 35.8. The summed E-state index contributed by atoms with van der Waals surface area (Å²) < 4.78 is 5.74. The topological polar surface area (TPSA) is 12.5 Å². The van der Waals surface area contributed by atoms with Crippen molar-refractivity contribution in [2.24, 2.45) is 5.41 Å². The van der Waals surface area contributed by atoms with Crippen molar-refractivity contribution in [2.45, 2.75) is 51.7 Å². The molecule has 0 radical (unpaired) electrons. The van der Waals surface area contributed by atoms with Crippen LogP contribution in [0.2, 0.25) is 0 Å². The first kappa shape index (κ1) is 12.1. The minimum Gasteiger partial charge on any atom is -0.379 e. The third-order valence-corrected chi connectivity index (χ3v) is 3.98. The molecular weight excluding hydrogens is 198 g/mol. The fraction of sp³-hybridized carbons (Fsp3) is 0.857. The highest BCUT2D eigenvalue weighted by atomic mass is 16.5. The lowest BCUT2D eigenvalue weighted by Crippen LogP contribution is -2.49. The van der Waals surface area contributed by atoms with E-state index in [1.165, 1.54) is 25.0 Å². The van der Waals surface area contributed by atoms with E-state index in [0.29, 0.717) is 11.5 Å². The summed E-state index contributed by atoms with van der Waals surface area (Å²) in [4.78, 5) is 2.61. The van der Waals surface area contributed by atoms with Crippen LogP contribution in [0.15, 0.2) is 12.2 Å². The maximum Gasteiger partial charge on any atom is 0.0770 e. The van der Waals surface area contributed by atoms with Gasteiger partial charge in [0.05, 0.1) is 11.6 Å². The van der Waals surface area contributed by atoms with Gasteiger partial charge in [0.25, 0.3) is 0 Å². The largest absolute Gasteiger partial charge is 0.379 e. The molecule has 2 heterocycles. The van der Waals surface area contributed by atoms with Crippen molar-refractivity contribution < 1.29 is 4.74 Å². The van der Waals surface area contributed by atoms with E-state index in [4.69, 9.17) is 4.74 Å². The zero-order valence-corrected chi connectivity index (χ0v) is 11.2. The maximum atomic E-state index is 5.74. The summed E-state index contributed by atoms with van der Waals surface area (Å²) in [5, 5.41) is 0. The number of hydrogen-bond acceptors (Lipinski definition) is 2. The molecular formula is C14H25NO. The molecule has 2 aliphatic heterocycles. The van der Waals surface area contributed by atoms with Gasteiger partial charge in [-0.3, -0.25) is 4.90 Å². The van der Waals surface area contributed by atoms with Crippen LogP contribution in [0.1, 0.15) is 40.0 Å². The van der Waals surface area contributed by atoms with Gasteiger partial charge < -0.3 is 4.74 Å². The minimum absolute atomic E-state index is 0.240. The first-order valence-corrected chi connectivity index (χ1v) is 6.32. The summed E-state index contributed by atoms with van der Waals surface area (Å²) in [5.41, 5.74) is 1.97. The average Bonchev–Trinajstić information content (AvgIpc) is 2.54. The van der Waals surface area contributed by atoms with Gasteiger partial charge in [0.1, 0.15) is 0 Å². The Morgan fingerprint density at radius 2 is 2.19 bits per heavy atom. The highest BCUT2D eigenvalue weighted by Crippen LogP contribution is 2.48. The summed E-state index contributed by atoms with van der Waals surface area (Å²) in [6.45, 7) is 13.4. The Balaban J connectivity index is 2.26. The first-order chi connectivity index (χ1) is 7.37. The molecule has 0 unspecified atom stereocenters. The number of fused-ring (bicyclic) bond motifs is 1. The van der Waals surface area contributed by atoms with E-state index >= 15 is 0 Å². The maximum absolute atomic E-state index is 5.74. The quantitative estimate of drug-likeness (QED) is 0.667. The second-order valence-electron chi connectivity index (χ2n) is 6.70. The Morgan fingerprint density at radius 3 is 2.75 bits per heavy atom. The van der Waals surface area contributed by atoms with Crippen LogP contribution >= 0.6 is 0 Å². The molecule has 0 spiro atoms. The Morgan fingerprint density at radius 1 is 1.50 bits per heavy atom. The standard InChI is InChI=1S/C14H25NO/c1-11-8-14(10-13(2,3)4)12(16-5)6-7-15(14)9-11/h12H,1,6-10H2,2-5H3/t12-,14+/m1/s1. The fourth-order valence-corrected chi connectivity index (χ4v) is 3.73. The van der Waals surface area contributed by atoms with Gasteiger partial charge in [-0.25, -0.2) is 0 Å². The van der Waals surface area contributed by atoms with E-state index in [1.54, 1.807) is 0 Å². The number of methoxy groups -OCH3 is 1. The van der Waals surface area contributed by atoms with Crippen LogP contribution in [0.3, 0.4) is 0 Å². The number of nitrogens with zero attached hydrogens (tertiary/aromatic N) is 1. The van der Waals surface area contributed by atoms with Gasteiger partial charge in [0, 0.05) is 20.2 Å². The molecule has 2 saturated heterocycles. The van der Waals surface area contributed by atoms with Gasteiger partial charge in [-0.1, -0.05) is 32.9 Å². The lowest BCUT2D eigenvalue weighted by molar-refractivity contribution is -0.00638. The van der Waals surface area contributed by atoms with E-state index in [2.05, 4.69) is 32.3 Å². The second kappa shape index (κ2) is 3.85. The zero-order valence-electron chi connectivity index (χ0n) is 11.2. The van der Waals surface area contributed by atoms with Crippen LogP contribution in [0.4, 0.5) is 0 Å². The number of ether oxygens (including phenoxy) is 1.